The molecule has 1 amide bonds. The van der Waals surface area contributed by atoms with Gasteiger partial charge in [-0.15, -0.1) is 11.3 Å². The van der Waals surface area contributed by atoms with Crippen LogP contribution in [0.3, 0.4) is 0 Å². The van der Waals surface area contributed by atoms with Gasteiger partial charge in [-0.3, -0.25) is 4.79 Å². The number of aryl methyl sites for hydroxylation is 1. The predicted octanol–water partition coefficient (Wildman–Crippen LogP) is 2.25. The van der Waals surface area contributed by atoms with Gasteiger partial charge in [0.05, 0.1) is 17.6 Å². The fraction of sp³-hybridized carbons (Fsp3) is 0.400. The lowest BCUT2D eigenvalue weighted by atomic mass is 10.0. The van der Waals surface area contributed by atoms with Gasteiger partial charge < -0.3 is 15.0 Å². The van der Waals surface area contributed by atoms with E-state index < -0.39 is 12.0 Å². The van der Waals surface area contributed by atoms with Crippen LogP contribution in [0.4, 0.5) is 0 Å². The lowest BCUT2D eigenvalue weighted by molar-refractivity contribution is -0.143. The molecule has 0 aliphatic carbocycles. The Labute approximate surface area is 131 Å². The topological polar surface area (TPSA) is 86.3 Å². The number of H-pyrrole nitrogens is 1. The normalized spacial score (nSPS) is 17.3. The van der Waals surface area contributed by atoms with Crippen molar-refractivity contribution >= 4 is 23.2 Å². The van der Waals surface area contributed by atoms with Crippen LogP contribution < -0.4 is 0 Å². The van der Waals surface area contributed by atoms with E-state index in [1.54, 1.807) is 11.3 Å². The summed E-state index contributed by atoms with van der Waals surface area (Å²) in [6.07, 6.45) is 4.03. The van der Waals surface area contributed by atoms with Crippen molar-refractivity contribution < 1.29 is 14.7 Å². The highest BCUT2D eigenvalue weighted by molar-refractivity contribution is 7.10. The van der Waals surface area contributed by atoms with E-state index in [9.17, 15) is 14.7 Å². The predicted molar refractivity (Wildman–Crippen MR) is 82.0 cm³/mol. The summed E-state index contributed by atoms with van der Waals surface area (Å²) < 4.78 is 0. The first-order chi connectivity index (χ1) is 10.6. The molecule has 3 heterocycles. The van der Waals surface area contributed by atoms with E-state index in [4.69, 9.17) is 0 Å². The van der Waals surface area contributed by atoms with Crippen LogP contribution in [0.15, 0.2) is 17.8 Å². The Morgan fingerprint density at radius 1 is 1.55 bits per heavy atom. The smallest absolute Gasteiger partial charge is 0.332 e. The summed E-state index contributed by atoms with van der Waals surface area (Å²) in [6.45, 7) is 2.47. The van der Waals surface area contributed by atoms with Crippen LogP contribution in [-0.2, 0) is 17.6 Å². The van der Waals surface area contributed by atoms with E-state index in [1.807, 2.05) is 11.4 Å². The third-order valence-electron chi connectivity index (χ3n) is 3.82. The second kappa shape index (κ2) is 5.92. The molecule has 6 nitrogen and oxygen atoms in total. The van der Waals surface area contributed by atoms with E-state index in [0.29, 0.717) is 24.2 Å². The molecule has 0 fully saturated rings. The van der Waals surface area contributed by atoms with E-state index >= 15 is 0 Å². The Hall–Kier alpha value is -2.15. The minimum atomic E-state index is -1.05. The molecule has 2 N–H and O–H groups in total. The summed E-state index contributed by atoms with van der Waals surface area (Å²) in [5, 5.41) is 11.3. The van der Waals surface area contributed by atoms with Crippen LogP contribution in [0.25, 0.3) is 0 Å². The molecule has 116 valence electrons. The van der Waals surface area contributed by atoms with E-state index in [-0.39, 0.29) is 5.91 Å². The van der Waals surface area contributed by atoms with Crippen molar-refractivity contribution in [2.24, 2.45) is 0 Å². The second-order valence-electron chi connectivity index (χ2n) is 5.31. The molecule has 3 rings (SSSR count). The number of nitrogens with zero attached hydrogens (tertiary/aromatic N) is 2. The zero-order valence-electron chi connectivity index (χ0n) is 12.2. The average Bonchev–Trinajstić information content (AvgIpc) is 3.14. The maximum Gasteiger partial charge on any atom is 0.332 e. The van der Waals surface area contributed by atoms with Gasteiger partial charge in [-0.2, -0.15) is 0 Å². The first-order valence-corrected chi connectivity index (χ1v) is 8.13. The van der Waals surface area contributed by atoms with Crippen LogP contribution >= 0.6 is 11.3 Å². The molecular weight excluding hydrogens is 302 g/mol. The van der Waals surface area contributed by atoms with Crippen molar-refractivity contribution in [1.29, 1.82) is 0 Å². The number of carboxylic acids is 1. The highest BCUT2D eigenvalue weighted by Crippen LogP contribution is 2.30. The van der Waals surface area contributed by atoms with Crippen molar-refractivity contribution in [3.8, 4) is 0 Å². The molecule has 1 unspecified atom stereocenters. The summed E-state index contributed by atoms with van der Waals surface area (Å²) >= 11 is 1.55. The van der Waals surface area contributed by atoms with Gasteiger partial charge in [0, 0.05) is 28.9 Å². The largest absolute Gasteiger partial charge is 0.479 e. The van der Waals surface area contributed by atoms with Crippen LogP contribution in [0.1, 0.15) is 46.0 Å². The molecule has 0 bridgehead atoms. The van der Waals surface area contributed by atoms with Crippen molar-refractivity contribution in [2.75, 3.05) is 6.54 Å². The average molecular weight is 319 g/mol. The van der Waals surface area contributed by atoms with Crippen LogP contribution in [-0.4, -0.2) is 38.4 Å². The van der Waals surface area contributed by atoms with E-state index in [1.165, 1.54) is 11.2 Å². The third-order valence-corrected chi connectivity index (χ3v) is 4.81. The molecule has 22 heavy (non-hydrogen) atoms. The summed E-state index contributed by atoms with van der Waals surface area (Å²) in [5.41, 5.74) is 1.81. The van der Waals surface area contributed by atoms with Crippen LogP contribution in [0.2, 0.25) is 0 Å². The van der Waals surface area contributed by atoms with Crippen LogP contribution in [0, 0.1) is 0 Å². The second-order valence-corrected chi connectivity index (χ2v) is 6.30. The molecular formula is C15H17N3O3S. The summed E-state index contributed by atoms with van der Waals surface area (Å²) in [7, 11) is 0. The van der Waals surface area contributed by atoms with E-state index in [0.717, 1.165) is 23.4 Å². The Kier molecular flexibility index (Phi) is 3.98. The Bertz CT molecular complexity index is 706. The fourth-order valence-electron chi connectivity index (χ4n) is 2.78. The number of rotatable bonds is 4. The van der Waals surface area contributed by atoms with Crippen LogP contribution in [0.5, 0.6) is 0 Å². The zero-order chi connectivity index (χ0) is 15.7. The number of aromatic amines is 1. The minimum absolute atomic E-state index is 0.236. The molecule has 7 heteroatoms. The number of fused-ring (bicyclic) bond motifs is 1. The van der Waals surface area contributed by atoms with Gasteiger partial charge in [0.2, 0.25) is 0 Å². The highest BCUT2D eigenvalue weighted by atomic mass is 32.1. The number of aliphatic carboxylic acids is 1. The number of hydrogen-bond donors (Lipinski definition) is 2. The van der Waals surface area contributed by atoms with Gasteiger partial charge in [0.1, 0.15) is 0 Å². The monoisotopic (exact) mass is 319 g/mol. The standard InChI is InChI=1S/C15H17N3O3S/c1-2-3-10-6-9(7-22-10)14(19)18-5-4-11-12(17-8-16-11)13(18)15(20)21/h6-8,13H,2-5H2,1H3,(H,16,17)(H,20,21). The number of imidazole rings is 1. The summed E-state index contributed by atoms with van der Waals surface area (Å²) in [6, 6.07) is 0.854. The maximum absolute atomic E-state index is 12.7. The minimum Gasteiger partial charge on any atom is -0.479 e. The molecule has 0 radical (unpaired) electrons. The third kappa shape index (κ3) is 2.52. The number of carbonyl (C=O) groups is 2. The number of carbonyl (C=O) groups excluding carboxylic acids is 1. The van der Waals surface area contributed by atoms with Gasteiger partial charge in [-0.1, -0.05) is 13.3 Å². The van der Waals surface area contributed by atoms with Crippen molar-refractivity contribution in [2.45, 2.75) is 32.2 Å². The molecule has 0 saturated carbocycles. The SMILES string of the molecule is CCCc1cc(C(=O)N2CCc3[nH]cnc3C2C(=O)O)cs1. The van der Waals surface area contributed by atoms with Gasteiger partial charge >= 0.3 is 5.97 Å². The Morgan fingerprint density at radius 3 is 3.09 bits per heavy atom. The molecule has 1 aliphatic rings. The van der Waals surface area contributed by atoms with E-state index in [2.05, 4.69) is 16.9 Å². The number of thiophene rings is 1. The lowest BCUT2D eigenvalue weighted by Gasteiger charge is -2.32. The zero-order valence-corrected chi connectivity index (χ0v) is 13.0. The summed E-state index contributed by atoms with van der Waals surface area (Å²) in [4.78, 5) is 33.9. The number of hydrogen-bond acceptors (Lipinski definition) is 4. The molecule has 2 aromatic heterocycles. The first kappa shape index (κ1) is 14.8. The molecule has 0 saturated heterocycles. The quantitative estimate of drug-likeness (QED) is 0.905. The molecule has 0 aromatic carbocycles. The van der Waals surface area contributed by atoms with Gasteiger partial charge in [0.15, 0.2) is 6.04 Å². The number of carboxylic acid groups (broad SMARTS) is 1. The molecule has 2 aromatic rings. The summed E-state index contributed by atoms with van der Waals surface area (Å²) in [5.74, 6) is -1.29. The van der Waals surface area contributed by atoms with Crippen molar-refractivity contribution in [1.82, 2.24) is 14.9 Å². The number of amides is 1. The lowest BCUT2D eigenvalue weighted by Crippen LogP contribution is -2.43. The molecule has 1 atom stereocenters. The Morgan fingerprint density at radius 2 is 2.36 bits per heavy atom. The fourth-order valence-corrected chi connectivity index (χ4v) is 3.75. The highest BCUT2D eigenvalue weighted by Gasteiger charge is 2.38. The Balaban J connectivity index is 1.89. The first-order valence-electron chi connectivity index (χ1n) is 7.25. The van der Waals surface area contributed by atoms with Gasteiger partial charge in [-0.25, -0.2) is 9.78 Å². The maximum atomic E-state index is 12.7. The van der Waals surface area contributed by atoms with Gasteiger partial charge in [0.25, 0.3) is 5.91 Å². The number of nitrogens with one attached hydrogen (secondary N) is 1. The van der Waals surface area contributed by atoms with Crippen molar-refractivity contribution in [3.63, 3.8) is 0 Å². The molecule has 1 aliphatic heterocycles. The van der Waals surface area contributed by atoms with Crippen molar-refractivity contribution in [3.05, 3.63) is 39.6 Å². The van der Waals surface area contributed by atoms with Gasteiger partial charge in [-0.05, 0) is 12.5 Å². The molecule has 0 spiro atoms. The number of aromatic nitrogens is 2.